The van der Waals surface area contributed by atoms with Gasteiger partial charge in [-0.2, -0.15) is 0 Å². The first-order chi connectivity index (χ1) is 3.48. The highest BCUT2D eigenvalue weighted by Gasteiger charge is 2.21. The monoisotopic (exact) mass is 243 g/mol. The summed E-state index contributed by atoms with van der Waals surface area (Å²) in [6.07, 6.45) is 0. The van der Waals surface area contributed by atoms with Gasteiger partial charge in [-0.15, -0.1) is 0 Å². The summed E-state index contributed by atoms with van der Waals surface area (Å²) < 4.78 is 4.48. The second-order valence-corrected chi connectivity index (χ2v) is 2.74. The number of methoxy groups -OCH3 is 1. The van der Waals surface area contributed by atoms with E-state index in [1.54, 1.807) is 0 Å². The number of carbonyl (C=O) groups is 1. The minimum absolute atomic E-state index is 0. The second-order valence-electron chi connectivity index (χ2n) is 2.74. The van der Waals surface area contributed by atoms with Crippen LogP contribution in [0.4, 0.5) is 0 Å². The van der Waals surface area contributed by atoms with E-state index in [2.05, 4.69) is 4.74 Å². The molecule has 3 heteroatoms. The van der Waals surface area contributed by atoms with Gasteiger partial charge in [-0.1, -0.05) is 0 Å². The SMILES string of the molecule is COC(=O)C(C)(C)C.[I-]. The van der Waals surface area contributed by atoms with E-state index in [-0.39, 0.29) is 35.4 Å². The molecule has 0 heterocycles. The lowest BCUT2D eigenvalue weighted by Gasteiger charge is -2.13. The molecule has 0 radical (unpaired) electrons. The summed E-state index contributed by atoms with van der Waals surface area (Å²) >= 11 is 0. The van der Waals surface area contributed by atoms with Crippen LogP contribution in [-0.4, -0.2) is 13.1 Å². The van der Waals surface area contributed by atoms with Gasteiger partial charge < -0.3 is 28.7 Å². The van der Waals surface area contributed by atoms with Crippen molar-refractivity contribution in [3.05, 3.63) is 0 Å². The van der Waals surface area contributed by atoms with Crippen LogP contribution in [0, 0.1) is 5.41 Å². The van der Waals surface area contributed by atoms with E-state index >= 15 is 0 Å². The van der Waals surface area contributed by atoms with Crippen molar-refractivity contribution in [1.82, 2.24) is 0 Å². The fourth-order valence-electron chi connectivity index (χ4n) is 0.306. The molecule has 0 saturated carbocycles. The average molecular weight is 243 g/mol. The maximum atomic E-state index is 10.6. The zero-order chi connectivity index (χ0) is 6.78. The molecule has 0 fully saturated rings. The highest BCUT2D eigenvalue weighted by atomic mass is 127. The number of halogens is 1. The number of esters is 1. The standard InChI is InChI=1S/C6H12O2.HI/c1-6(2,3)5(7)8-4;/h1-4H3;1H/p-1. The Balaban J connectivity index is 0. The van der Waals surface area contributed by atoms with Crippen LogP contribution in [0.3, 0.4) is 0 Å². The van der Waals surface area contributed by atoms with Gasteiger partial charge in [-0.05, 0) is 20.8 Å². The Morgan fingerprint density at radius 2 is 1.67 bits per heavy atom. The average Bonchev–Trinajstić information content (AvgIpc) is 1.62. The number of ether oxygens (including phenoxy) is 1. The van der Waals surface area contributed by atoms with E-state index in [1.165, 1.54) is 7.11 Å². The minimum Gasteiger partial charge on any atom is -1.00 e. The Morgan fingerprint density at radius 1 is 1.33 bits per heavy atom. The smallest absolute Gasteiger partial charge is 0.310 e. The third-order valence-corrected chi connectivity index (χ3v) is 0.798. The van der Waals surface area contributed by atoms with E-state index < -0.39 is 0 Å². The van der Waals surface area contributed by atoms with Crippen molar-refractivity contribution in [2.75, 3.05) is 7.11 Å². The summed E-state index contributed by atoms with van der Waals surface area (Å²) in [5, 5.41) is 0. The van der Waals surface area contributed by atoms with Gasteiger partial charge in [-0.3, -0.25) is 4.79 Å². The maximum absolute atomic E-state index is 10.6. The normalized spacial score (nSPS) is 9.78. The summed E-state index contributed by atoms with van der Waals surface area (Å²) in [4.78, 5) is 10.6. The quantitative estimate of drug-likeness (QED) is 0.371. The fraction of sp³-hybridized carbons (Fsp3) is 0.833. The molecule has 0 atom stereocenters. The Bertz CT molecular complexity index is 93.7. The zero-order valence-corrected chi connectivity index (χ0v) is 8.35. The molecule has 0 rings (SSSR count). The van der Waals surface area contributed by atoms with Gasteiger partial charge in [0.2, 0.25) is 0 Å². The molecule has 0 bridgehead atoms. The summed E-state index contributed by atoms with van der Waals surface area (Å²) in [7, 11) is 1.40. The van der Waals surface area contributed by atoms with E-state index in [1.807, 2.05) is 20.8 Å². The predicted octanol–water partition coefficient (Wildman–Crippen LogP) is -1.79. The van der Waals surface area contributed by atoms with Gasteiger partial charge in [-0.25, -0.2) is 0 Å². The van der Waals surface area contributed by atoms with Crippen LogP contribution >= 0.6 is 0 Å². The lowest BCUT2D eigenvalue weighted by atomic mass is 9.98. The molecule has 0 aromatic carbocycles. The first kappa shape index (κ1) is 11.9. The largest absolute Gasteiger partial charge is 1.00 e. The van der Waals surface area contributed by atoms with Crippen molar-refractivity contribution in [1.29, 1.82) is 0 Å². The van der Waals surface area contributed by atoms with Crippen LogP contribution in [-0.2, 0) is 9.53 Å². The molecule has 56 valence electrons. The highest BCUT2D eigenvalue weighted by Crippen LogP contribution is 2.13. The van der Waals surface area contributed by atoms with Crippen molar-refractivity contribution in [3.8, 4) is 0 Å². The van der Waals surface area contributed by atoms with Gasteiger partial charge in [0.15, 0.2) is 0 Å². The molecule has 0 aliphatic heterocycles. The summed E-state index contributed by atoms with van der Waals surface area (Å²) in [6, 6.07) is 0. The van der Waals surface area contributed by atoms with Gasteiger partial charge in [0.1, 0.15) is 0 Å². The highest BCUT2D eigenvalue weighted by molar-refractivity contribution is 5.75. The summed E-state index contributed by atoms with van der Waals surface area (Å²) in [5.74, 6) is -0.169. The van der Waals surface area contributed by atoms with Crippen molar-refractivity contribution >= 4 is 5.97 Å². The second kappa shape index (κ2) is 4.09. The molecule has 0 saturated heterocycles. The number of hydrogen-bond acceptors (Lipinski definition) is 2. The Kier molecular flexibility index (Phi) is 5.42. The van der Waals surface area contributed by atoms with Crippen LogP contribution < -0.4 is 24.0 Å². The molecule has 9 heavy (non-hydrogen) atoms. The molecular weight excluding hydrogens is 231 g/mol. The third-order valence-electron chi connectivity index (χ3n) is 0.798. The molecular formula is C6H12IO2-. The first-order valence-corrected chi connectivity index (χ1v) is 2.57. The topological polar surface area (TPSA) is 26.3 Å². The van der Waals surface area contributed by atoms with Gasteiger partial charge in [0.05, 0.1) is 12.5 Å². The molecule has 0 aliphatic carbocycles. The fourth-order valence-corrected chi connectivity index (χ4v) is 0.306. The Labute approximate surface area is 73.0 Å². The van der Waals surface area contributed by atoms with E-state index in [0.29, 0.717) is 0 Å². The van der Waals surface area contributed by atoms with Crippen molar-refractivity contribution < 1.29 is 33.5 Å². The molecule has 0 N–H and O–H groups in total. The summed E-state index contributed by atoms with van der Waals surface area (Å²) in [5.41, 5.74) is -0.352. The van der Waals surface area contributed by atoms with E-state index in [9.17, 15) is 4.79 Å². The van der Waals surface area contributed by atoms with E-state index in [4.69, 9.17) is 0 Å². The molecule has 0 unspecified atom stereocenters. The van der Waals surface area contributed by atoms with Crippen LogP contribution in [0.1, 0.15) is 20.8 Å². The van der Waals surface area contributed by atoms with Gasteiger partial charge in [0, 0.05) is 0 Å². The lowest BCUT2D eigenvalue weighted by Crippen LogP contribution is -3.00. The van der Waals surface area contributed by atoms with Crippen molar-refractivity contribution in [2.45, 2.75) is 20.8 Å². The van der Waals surface area contributed by atoms with Gasteiger partial charge in [0.25, 0.3) is 0 Å². The molecule has 0 aromatic heterocycles. The summed E-state index contributed by atoms with van der Waals surface area (Å²) in [6.45, 7) is 5.45. The third kappa shape index (κ3) is 4.69. The molecule has 0 spiro atoms. The van der Waals surface area contributed by atoms with Crippen LogP contribution in [0.2, 0.25) is 0 Å². The number of rotatable bonds is 0. The maximum Gasteiger partial charge on any atom is 0.310 e. The zero-order valence-electron chi connectivity index (χ0n) is 6.19. The first-order valence-electron chi connectivity index (χ1n) is 2.57. The van der Waals surface area contributed by atoms with Crippen LogP contribution in [0.25, 0.3) is 0 Å². The van der Waals surface area contributed by atoms with Crippen LogP contribution in [0.15, 0.2) is 0 Å². The Morgan fingerprint density at radius 3 is 1.67 bits per heavy atom. The molecule has 0 aliphatic rings. The predicted molar refractivity (Wildman–Crippen MR) is 31.5 cm³/mol. The number of carbonyl (C=O) groups excluding carboxylic acids is 1. The lowest BCUT2D eigenvalue weighted by molar-refractivity contribution is -0.149. The molecule has 2 nitrogen and oxygen atoms in total. The molecule has 0 aromatic rings. The Hall–Kier alpha value is 0.200. The number of hydrogen-bond donors (Lipinski definition) is 0. The van der Waals surface area contributed by atoms with Crippen molar-refractivity contribution in [3.63, 3.8) is 0 Å². The minimum atomic E-state index is -0.352. The van der Waals surface area contributed by atoms with Gasteiger partial charge >= 0.3 is 5.97 Å². The molecule has 0 amide bonds. The van der Waals surface area contributed by atoms with E-state index in [0.717, 1.165) is 0 Å². The van der Waals surface area contributed by atoms with Crippen molar-refractivity contribution in [2.24, 2.45) is 5.41 Å². The van der Waals surface area contributed by atoms with Crippen LogP contribution in [0.5, 0.6) is 0 Å².